The molecule has 4 heteroatoms. The molecule has 2 aromatic rings. The number of ether oxygens (including phenoxy) is 1. The van der Waals surface area contributed by atoms with Crippen LogP contribution in [0.5, 0.6) is 0 Å². The fraction of sp³-hybridized carbons (Fsp3) is 0.235. The Balaban J connectivity index is 2.28. The number of benzene rings is 2. The smallest absolute Gasteiger partial charge is 0.340 e. The van der Waals surface area contributed by atoms with E-state index in [1.807, 2.05) is 32.0 Å². The van der Waals surface area contributed by atoms with E-state index in [-0.39, 0.29) is 0 Å². The van der Waals surface area contributed by atoms with Gasteiger partial charge < -0.3 is 15.8 Å². The van der Waals surface area contributed by atoms with Gasteiger partial charge in [0.05, 0.1) is 12.2 Å². The van der Waals surface area contributed by atoms with Crippen molar-refractivity contribution in [2.24, 2.45) is 0 Å². The maximum Gasteiger partial charge on any atom is 0.340 e. The molecule has 0 amide bonds. The van der Waals surface area contributed by atoms with E-state index in [4.69, 9.17) is 10.5 Å². The Morgan fingerprint density at radius 1 is 1.10 bits per heavy atom. The van der Waals surface area contributed by atoms with Crippen molar-refractivity contribution in [3.05, 3.63) is 53.1 Å². The molecule has 4 nitrogen and oxygen atoms in total. The zero-order chi connectivity index (χ0) is 15.4. The molecule has 0 saturated heterocycles. The molecule has 0 unspecified atom stereocenters. The van der Waals surface area contributed by atoms with E-state index in [1.165, 1.54) is 11.1 Å². The van der Waals surface area contributed by atoms with Crippen LogP contribution in [-0.4, -0.2) is 12.6 Å². The first-order valence-electron chi connectivity index (χ1n) is 6.91. The zero-order valence-corrected chi connectivity index (χ0v) is 12.6. The highest BCUT2D eigenvalue weighted by molar-refractivity contribution is 5.96. The first-order valence-corrected chi connectivity index (χ1v) is 6.91. The molecule has 0 atom stereocenters. The minimum Gasteiger partial charge on any atom is -0.462 e. The molecule has 0 aromatic heterocycles. The third-order valence-electron chi connectivity index (χ3n) is 3.06. The van der Waals surface area contributed by atoms with Gasteiger partial charge in [0.1, 0.15) is 0 Å². The fourth-order valence-electron chi connectivity index (χ4n) is 2.23. The van der Waals surface area contributed by atoms with E-state index in [2.05, 4.69) is 11.4 Å². The quantitative estimate of drug-likeness (QED) is 0.662. The van der Waals surface area contributed by atoms with Crippen LogP contribution >= 0.6 is 0 Å². The number of nitrogen functional groups attached to an aromatic ring is 1. The summed E-state index contributed by atoms with van der Waals surface area (Å²) in [7, 11) is 0. The van der Waals surface area contributed by atoms with Crippen LogP contribution in [0.4, 0.5) is 17.1 Å². The number of nitrogens with two attached hydrogens (primary N) is 1. The molecule has 0 spiro atoms. The normalized spacial score (nSPS) is 10.2. The van der Waals surface area contributed by atoms with Gasteiger partial charge in [-0.2, -0.15) is 0 Å². The summed E-state index contributed by atoms with van der Waals surface area (Å²) in [5.41, 5.74) is 10.8. The number of carbonyl (C=O) groups is 1. The van der Waals surface area contributed by atoms with Gasteiger partial charge in [0.15, 0.2) is 0 Å². The number of nitrogens with one attached hydrogen (secondary N) is 1. The molecule has 3 N–H and O–H groups in total. The average Bonchev–Trinajstić information content (AvgIpc) is 2.40. The first-order chi connectivity index (χ1) is 9.99. The van der Waals surface area contributed by atoms with Gasteiger partial charge in [0.2, 0.25) is 0 Å². The molecular formula is C17H20N2O2. The first kappa shape index (κ1) is 14.9. The van der Waals surface area contributed by atoms with Gasteiger partial charge in [0.25, 0.3) is 0 Å². The Hall–Kier alpha value is -2.49. The lowest BCUT2D eigenvalue weighted by Crippen LogP contribution is -2.08. The lowest BCUT2D eigenvalue weighted by Gasteiger charge is -2.11. The molecule has 0 heterocycles. The molecule has 2 rings (SSSR count). The number of hydrogen-bond donors (Lipinski definition) is 2. The highest BCUT2D eigenvalue weighted by Gasteiger charge is 2.11. The van der Waals surface area contributed by atoms with E-state index in [1.54, 1.807) is 19.1 Å². The van der Waals surface area contributed by atoms with Gasteiger partial charge >= 0.3 is 5.97 Å². The molecule has 0 saturated carbocycles. The second kappa shape index (κ2) is 6.31. The number of esters is 1. The van der Waals surface area contributed by atoms with Crippen LogP contribution in [0.15, 0.2) is 36.4 Å². The highest BCUT2D eigenvalue weighted by atomic mass is 16.5. The molecule has 0 aliphatic heterocycles. The molecule has 110 valence electrons. The third kappa shape index (κ3) is 3.75. The summed E-state index contributed by atoms with van der Waals surface area (Å²) in [6.45, 7) is 6.19. The van der Waals surface area contributed by atoms with Gasteiger partial charge in [-0.1, -0.05) is 6.07 Å². The highest BCUT2D eigenvalue weighted by Crippen LogP contribution is 2.23. The standard InChI is InChI=1S/C17H20N2O2/c1-4-21-17(20)15-10-13(5-6-16(15)18)19-14-8-11(2)7-12(3)9-14/h5-10,19H,4,18H2,1-3H3. The van der Waals surface area contributed by atoms with Crippen molar-refractivity contribution < 1.29 is 9.53 Å². The molecule has 0 aliphatic carbocycles. The number of carbonyl (C=O) groups excluding carboxylic acids is 1. The second-order valence-electron chi connectivity index (χ2n) is 5.02. The van der Waals surface area contributed by atoms with E-state index < -0.39 is 5.97 Å². The summed E-state index contributed by atoms with van der Waals surface area (Å²) in [5, 5.41) is 3.29. The molecule has 0 bridgehead atoms. The SMILES string of the molecule is CCOC(=O)c1cc(Nc2cc(C)cc(C)c2)ccc1N. The van der Waals surface area contributed by atoms with Crippen molar-refractivity contribution in [1.82, 2.24) is 0 Å². The topological polar surface area (TPSA) is 64.3 Å². The lowest BCUT2D eigenvalue weighted by molar-refractivity contribution is 0.0527. The lowest BCUT2D eigenvalue weighted by atomic mass is 10.1. The van der Waals surface area contributed by atoms with Crippen LogP contribution in [0, 0.1) is 13.8 Å². The minimum absolute atomic E-state index is 0.326. The third-order valence-corrected chi connectivity index (χ3v) is 3.06. The summed E-state index contributed by atoms with van der Waals surface area (Å²) >= 11 is 0. The Bertz CT molecular complexity index is 646. The fourth-order valence-corrected chi connectivity index (χ4v) is 2.23. The van der Waals surface area contributed by atoms with Crippen LogP contribution in [-0.2, 0) is 4.74 Å². The monoisotopic (exact) mass is 284 g/mol. The summed E-state index contributed by atoms with van der Waals surface area (Å²) in [5.74, 6) is -0.404. The van der Waals surface area contributed by atoms with Gasteiger partial charge in [-0.15, -0.1) is 0 Å². The van der Waals surface area contributed by atoms with Crippen LogP contribution in [0.2, 0.25) is 0 Å². The number of aryl methyl sites for hydroxylation is 2. The molecule has 0 fully saturated rings. The summed E-state index contributed by atoms with van der Waals surface area (Å²) in [4.78, 5) is 11.8. The van der Waals surface area contributed by atoms with Crippen LogP contribution in [0.3, 0.4) is 0 Å². The average molecular weight is 284 g/mol. The predicted molar refractivity (Wildman–Crippen MR) is 86.0 cm³/mol. The summed E-state index contributed by atoms with van der Waals surface area (Å²) < 4.78 is 5.01. The molecule has 0 radical (unpaired) electrons. The number of rotatable bonds is 4. The zero-order valence-electron chi connectivity index (χ0n) is 12.6. The molecule has 2 aromatic carbocycles. The van der Waals surface area contributed by atoms with Crippen LogP contribution in [0.25, 0.3) is 0 Å². The van der Waals surface area contributed by atoms with Gasteiger partial charge in [-0.3, -0.25) is 0 Å². The molecule has 0 aliphatic rings. The predicted octanol–water partition coefficient (Wildman–Crippen LogP) is 3.81. The van der Waals surface area contributed by atoms with Crippen molar-refractivity contribution in [1.29, 1.82) is 0 Å². The Labute approximate surface area is 124 Å². The largest absolute Gasteiger partial charge is 0.462 e. The van der Waals surface area contributed by atoms with Crippen LogP contribution in [0.1, 0.15) is 28.4 Å². The van der Waals surface area contributed by atoms with Gasteiger partial charge in [0, 0.05) is 17.1 Å². The van der Waals surface area contributed by atoms with Crippen molar-refractivity contribution in [2.75, 3.05) is 17.7 Å². The Morgan fingerprint density at radius 2 is 1.76 bits per heavy atom. The van der Waals surface area contributed by atoms with Gasteiger partial charge in [-0.05, 0) is 62.2 Å². The molecule has 21 heavy (non-hydrogen) atoms. The number of hydrogen-bond acceptors (Lipinski definition) is 4. The van der Waals surface area contributed by atoms with E-state index in [9.17, 15) is 4.79 Å². The van der Waals surface area contributed by atoms with Crippen molar-refractivity contribution in [3.63, 3.8) is 0 Å². The van der Waals surface area contributed by atoms with Crippen LogP contribution < -0.4 is 11.1 Å². The second-order valence-corrected chi connectivity index (χ2v) is 5.02. The Kier molecular flexibility index (Phi) is 4.48. The summed E-state index contributed by atoms with van der Waals surface area (Å²) in [6.07, 6.45) is 0. The van der Waals surface area contributed by atoms with E-state index in [0.29, 0.717) is 17.9 Å². The van der Waals surface area contributed by atoms with Crippen molar-refractivity contribution in [2.45, 2.75) is 20.8 Å². The number of anilines is 3. The van der Waals surface area contributed by atoms with E-state index >= 15 is 0 Å². The van der Waals surface area contributed by atoms with Gasteiger partial charge in [-0.25, -0.2) is 4.79 Å². The van der Waals surface area contributed by atoms with E-state index in [0.717, 1.165) is 11.4 Å². The van der Waals surface area contributed by atoms with Crippen molar-refractivity contribution in [3.8, 4) is 0 Å². The maximum atomic E-state index is 11.8. The summed E-state index contributed by atoms with van der Waals surface area (Å²) in [6, 6.07) is 11.5. The molecular weight excluding hydrogens is 264 g/mol. The Morgan fingerprint density at radius 3 is 2.38 bits per heavy atom. The maximum absolute atomic E-state index is 11.8. The minimum atomic E-state index is -0.404. The van der Waals surface area contributed by atoms with Crippen molar-refractivity contribution >= 4 is 23.0 Å².